The van der Waals surface area contributed by atoms with E-state index < -0.39 is 0 Å². The van der Waals surface area contributed by atoms with Gasteiger partial charge in [-0.05, 0) is 37.9 Å². The minimum Gasteiger partial charge on any atom is -0.468 e. The first-order chi connectivity index (χ1) is 12.7. The molecule has 2 aliphatic heterocycles. The molecule has 4 heterocycles. The Morgan fingerprint density at radius 3 is 3.04 bits per heavy atom. The minimum atomic E-state index is -0.0772. The van der Waals surface area contributed by atoms with Crippen LogP contribution < -0.4 is 5.56 Å². The molecule has 2 aliphatic rings. The van der Waals surface area contributed by atoms with Crippen molar-refractivity contribution in [3.8, 4) is 0 Å². The van der Waals surface area contributed by atoms with E-state index >= 15 is 0 Å². The lowest BCUT2D eigenvalue weighted by Crippen LogP contribution is -2.45. The van der Waals surface area contributed by atoms with Crippen LogP contribution in [0.15, 0.2) is 33.9 Å². The van der Waals surface area contributed by atoms with E-state index in [-0.39, 0.29) is 17.4 Å². The minimum absolute atomic E-state index is 0.0196. The number of carbonyl (C=O) groups excluding carboxylic acids is 1. The fourth-order valence-electron chi connectivity index (χ4n) is 4.04. The summed E-state index contributed by atoms with van der Waals surface area (Å²) in [6, 6.07) is 3.87. The number of nitrogens with one attached hydrogen (secondary N) is 1. The number of rotatable bonds is 3. The average molecular weight is 356 g/mol. The van der Waals surface area contributed by atoms with Gasteiger partial charge in [-0.1, -0.05) is 0 Å². The normalized spacial score (nSPS) is 21.2. The fourth-order valence-corrected chi connectivity index (χ4v) is 4.04. The Kier molecular flexibility index (Phi) is 4.88. The lowest BCUT2D eigenvalue weighted by atomic mass is 9.96. The van der Waals surface area contributed by atoms with Crippen LogP contribution in [-0.4, -0.2) is 51.9 Å². The zero-order valence-corrected chi connectivity index (χ0v) is 14.8. The molecule has 7 heteroatoms. The summed E-state index contributed by atoms with van der Waals surface area (Å²) in [7, 11) is 0. The number of hydrogen-bond acceptors (Lipinski definition) is 5. The topological polar surface area (TPSA) is 82.4 Å². The Balaban J connectivity index is 1.39. The number of hydrogen-bond donors (Lipinski definition) is 1. The number of nitrogens with zero attached hydrogens (tertiary/aromatic N) is 3. The standard InChI is InChI=1S/C19H24N4O3/c24-18-16-5-8-23(9-6-17(16)20-13-21-18)19(25)14-3-1-7-22(11-14)12-15-4-2-10-26-15/h2,4,10,13-14H,1,3,5-9,11-12H2,(H,20,21,24)/t14-/m1/s1. The second kappa shape index (κ2) is 7.45. The van der Waals surface area contributed by atoms with Crippen molar-refractivity contribution in [2.45, 2.75) is 32.2 Å². The molecule has 26 heavy (non-hydrogen) atoms. The molecule has 1 fully saturated rings. The molecular weight excluding hydrogens is 332 g/mol. The molecule has 0 bridgehead atoms. The zero-order valence-electron chi connectivity index (χ0n) is 14.8. The van der Waals surface area contributed by atoms with Gasteiger partial charge in [-0.3, -0.25) is 14.5 Å². The number of aromatic amines is 1. The van der Waals surface area contributed by atoms with Gasteiger partial charge in [-0.15, -0.1) is 0 Å². The summed E-state index contributed by atoms with van der Waals surface area (Å²) in [5.41, 5.74) is 1.48. The van der Waals surface area contributed by atoms with Gasteiger partial charge in [0.25, 0.3) is 5.56 Å². The number of aromatic nitrogens is 2. The maximum Gasteiger partial charge on any atom is 0.254 e. The highest BCUT2D eigenvalue weighted by Gasteiger charge is 2.30. The largest absolute Gasteiger partial charge is 0.468 e. The highest BCUT2D eigenvalue weighted by molar-refractivity contribution is 5.79. The van der Waals surface area contributed by atoms with E-state index in [9.17, 15) is 9.59 Å². The van der Waals surface area contributed by atoms with Crippen molar-refractivity contribution in [3.05, 3.63) is 52.1 Å². The quantitative estimate of drug-likeness (QED) is 0.894. The first kappa shape index (κ1) is 17.0. The lowest BCUT2D eigenvalue weighted by Gasteiger charge is -2.34. The maximum absolute atomic E-state index is 13.1. The van der Waals surface area contributed by atoms with Gasteiger partial charge in [0.15, 0.2) is 0 Å². The van der Waals surface area contributed by atoms with Gasteiger partial charge >= 0.3 is 0 Å². The van der Waals surface area contributed by atoms with Crippen molar-refractivity contribution in [2.24, 2.45) is 5.92 Å². The van der Waals surface area contributed by atoms with Crippen LogP contribution in [0.3, 0.4) is 0 Å². The van der Waals surface area contributed by atoms with E-state index in [0.29, 0.717) is 25.9 Å². The molecule has 2 aromatic rings. The fraction of sp³-hybridized carbons (Fsp3) is 0.526. The maximum atomic E-state index is 13.1. The van der Waals surface area contributed by atoms with Gasteiger partial charge in [0, 0.05) is 31.6 Å². The number of carbonyl (C=O) groups is 1. The second-order valence-corrected chi connectivity index (χ2v) is 7.14. The summed E-state index contributed by atoms with van der Waals surface area (Å²) in [6.45, 7) is 3.74. The molecule has 0 unspecified atom stereocenters. The van der Waals surface area contributed by atoms with Crippen LogP contribution in [0.2, 0.25) is 0 Å². The van der Waals surface area contributed by atoms with Crippen molar-refractivity contribution in [2.75, 3.05) is 26.2 Å². The van der Waals surface area contributed by atoms with Crippen molar-refractivity contribution in [3.63, 3.8) is 0 Å². The monoisotopic (exact) mass is 356 g/mol. The molecule has 138 valence electrons. The number of piperidine rings is 1. The van der Waals surface area contributed by atoms with Crippen LogP contribution in [0.1, 0.15) is 29.9 Å². The second-order valence-electron chi connectivity index (χ2n) is 7.14. The van der Waals surface area contributed by atoms with E-state index in [4.69, 9.17) is 4.42 Å². The highest BCUT2D eigenvalue weighted by Crippen LogP contribution is 2.22. The molecule has 0 radical (unpaired) electrons. The molecule has 1 atom stereocenters. The number of amides is 1. The van der Waals surface area contributed by atoms with Gasteiger partial charge in [0.2, 0.25) is 5.91 Å². The zero-order chi connectivity index (χ0) is 17.9. The highest BCUT2D eigenvalue weighted by atomic mass is 16.3. The van der Waals surface area contributed by atoms with E-state index in [1.54, 1.807) is 6.26 Å². The smallest absolute Gasteiger partial charge is 0.254 e. The van der Waals surface area contributed by atoms with Crippen LogP contribution in [-0.2, 0) is 24.2 Å². The summed E-state index contributed by atoms with van der Waals surface area (Å²) in [5.74, 6) is 1.16. The molecule has 0 aliphatic carbocycles. The summed E-state index contributed by atoms with van der Waals surface area (Å²) < 4.78 is 5.44. The first-order valence-corrected chi connectivity index (χ1v) is 9.29. The third-order valence-corrected chi connectivity index (χ3v) is 5.41. The van der Waals surface area contributed by atoms with Crippen LogP contribution >= 0.6 is 0 Å². The molecular formula is C19H24N4O3. The summed E-state index contributed by atoms with van der Waals surface area (Å²) in [5, 5.41) is 0. The Hall–Kier alpha value is -2.41. The summed E-state index contributed by atoms with van der Waals surface area (Å²) in [6.07, 6.45) is 6.31. The molecule has 0 saturated carbocycles. The Bertz CT molecular complexity index is 814. The molecule has 1 N–H and O–H groups in total. The number of fused-ring (bicyclic) bond motifs is 1. The average Bonchev–Trinajstić information content (AvgIpc) is 3.06. The SMILES string of the molecule is O=C([C@@H]1CCCN(Cc2ccco2)C1)N1CCc2nc[nH]c(=O)c2CC1. The van der Waals surface area contributed by atoms with Gasteiger partial charge in [0.05, 0.1) is 30.7 Å². The van der Waals surface area contributed by atoms with E-state index in [1.807, 2.05) is 17.0 Å². The molecule has 1 saturated heterocycles. The van der Waals surface area contributed by atoms with Crippen molar-refractivity contribution < 1.29 is 9.21 Å². The van der Waals surface area contributed by atoms with Gasteiger partial charge in [-0.2, -0.15) is 0 Å². The van der Waals surface area contributed by atoms with Crippen LogP contribution in [0.25, 0.3) is 0 Å². The van der Waals surface area contributed by atoms with E-state index in [2.05, 4.69) is 14.9 Å². The Labute approximate surface area is 152 Å². The number of H-pyrrole nitrogens is 1. The van der Waals surface area contributed by atoms with E-state index in [0.717, 1.165) is 49.5 Å². The van der Waals surface area contributed by atoms with Crippen molar-refractivity contribution in [1.82, 2.24) is 19.8 Å². The molecule has 4 rings (SSSR count). The molecule has 2 aromatic heterocycles. The van der Waals surface area contributed by atoms with Crippen LogP contribution in [0.5, 0.6) is 0 Å². The Morgan fingerprint density at radius 2 is 2.19 bits per heavy atom. The van der Waals surface area contributed by atoms with Crippen molar-refractivity contribution in [1.29, 1.82) is 0 Å². The predicted octanol–water partition coefficient (Wildman–Crippen LogP) is 1.20. The van der Waals surface area contributed by atoms with Gasteiger partial charge in [-0.25, -0.2) is 4.98 Å². The summed E-state index contributed by atoms with van der Waals surface area (Å²) in [4.78, 5) is 36.2. The molecule has 0 spiro atoms. The van der Waals surface area contributed by atoms with Crippen molar-refractivity contribution >= 4 is 5.91 Å². The molecule has 7 nitrogen and oxygen atoms in total. The van der Waals surface area contributed by atoms with Crippen LogP contribution in [0, 0.1) is 5.92 Å². The number of likely N-dealkylation sites (tertiary alicyclic amines) is 1. The van der Waals surface area contributed by atoms with Gasteiger partial charge < -0.3 is 14.3 Å². The summed E-state index contributed by atoms with van der Waals surface area (Å²) >= 11 is 0. The van der Waals surface area contributed by atoms with Gasteiger partial charge in [0.1, 0.15) is 5.76 Å². The van der Waals surface area contributed by atoms with Crippen LogP contribution in [0.4, 0.5) is 0 Å². The predicted molar refractivity (Wildman–Crippen MR) is 95.6 cm³/mol. The number of furan rings is 1. The third kappa shape index (κ3) is 3.58. The molecule has 1 amide bonds. The lowest BCUT2D eigenvalue weighted by molar-refractivity contribution is -0.137. The van der Waals surface area contributed by atoms with E-state index in [1.165, 1.54) is 6.33 Å². The third-order valence-electron chi connectivity index (χ3n) is 5.41. The molecule has 0 aromatic carbocycles. The first-order valence-electron chi connectivity index (χ1n) is 9.29. The Morgan fingerprint density at radius 1 is 1.31 bits per heavy atom.